The Morgan fingerprint density at radius 1 is 1.39 bits per heavy atom. The van der Waals surface area contributed by atoms with Gasteiger partial charge >= 0.3 is 0 Å². The summed E-state index contributed by atoms with van der Waals surface area (Å²) in [6.45, 7) is 0.692. The minimum absolute atomic E-state index is 0.692. The van der Waals surface area contributed by atoms with E-state index in [-0.39, 0.29) is 0 Å². The van der Waals surface area contributed by atoms with E-state index in [1.165, 1.54) is 5.56 Å². The number of anilines is 2. The summed E-state index contributed by atoms with van der Waals surface area (Å²) in [5.74, 6) is 0. The van der Waals surface area contributed by atoms with E-state index in [0.29, 0.717) is 6.61 Å². The number of furan rings is 1. The average Bonchev–Trinajstić information content (AvgIpc) is 2.91. The highest BCUT2D eigenvalue weighted by Crippen LogP contribution is 2.33. The maximum atomic E-state index is 6.15. The Morgan fingerprint density at radius 2 is 2.22 bits per heavy atom. The smallest absolute Gasteiger partial charge is 0.0981 e. The van der Waals surface area contributed by atoms with E-state index in [1.807, 2.05) is 13.1 Å². The fourth-order valence-corrected chi connectivity index (χ4v) is 1.94. The van der Waals surface area contributed by atoms with Crippen molar-refractivity contribution in [1.29, 1.82) is 0 Å². The minimum Gasteiger partial charge on any atom is -0.472 e. The second-order valence-corrected chi connectivity index (χ2v) is 4.11. The number of methoxy groups -OCH3 is 1. The van der Waals surface area contributed by atoms with Crippen LogP contribution >= 0.6 is 0 Å². The standard InChI is InChI=1S/C14H18N2O2/c1-16-13-8-10(3-5-17-2)7-12(14(13)15)11-4-6-18-9-11/h4,6-9,16H,3,5,15H2,1-2H3. The van der Waals surface area contributed by atoms with Crippen molar-refractivity contribution < 1.29 is 9.15 Å². The van der Waals surface area contributed by atoms with Gasteiger partial charge in [0.05, 0.1) is 30.5 Å². The lowest BCUT2D eigenvalue weighted by molar-refractivity contribution is 0.202. The zero-order valence-corrected chi connectivity index (χ0v) is 10.7. The molecule has 2 rings (SSSR count). The molecule has 96 valence electrons. The van der Waals surface area contributed by atoms with Crippen molar-refractivity contribution in [3.63, 3.8) is 0 Å². The average molecular weight is 246 g/mol. The molecule has 0 spiro atoms. The number of hydrogen-bond acceptors (Lipinski definition) is 4. The first-order valence-corrected chi connectivity index (χ1v) is 5.88. The Hall–Kier alpha value is -1.94. The molecule has 0 bridgehead atoms. The van der Waals surface area contributed by atoms with Crippen LogP contribution in [0.1, 0.15) is 5.56 Å². The van der Waals surface area contributed by atoms with Crippen molar-refractivity contribution in [2.75, 3.05) is 31.8 Å². The van der Waals surface area contributed by atoms with Crippen LogP contribution in [0.25, 0.3) is 11.1 Å². The van der Waals surface area contributed by atoms with Crippen LogP contribution in [0.2, 0.25) is 0 Å². The van der Waals surface area contributed by atoms with E-state index < -0.39 is 0 Å². The number of ether oxygens (including phenoxy) is 1. The van der Waals surface area contributed by atoms with E-state index >= 15 is 0 Å². The highest BCUT2D eigenvalue weighted by atomic mass is 16.5. The van der Waals surface area contributed by atoms with Gasteiger partial charge in [-0.3, -0.25) is 0 Å². The first kappa shape index (κ1) is 12.5. The van der Waals surface area contributed by atoms with E-state index in [1.54, 1.807) is 19.6 Å². The second kappa shape index (κ2) is 5.60. The molecule has 3 N–H and O–H groups in total. The van der Waals surface area contributed by atoms with Crippen LogP contribution in [0.5, 0.6) is 0 Å². The van der Waals surface area contributed by atoms with E-state index in [4.69, 9.17) is 14.9 Å². The van der Waals surface area contributed by atoms with Crippen molar-refractivity contribution in [2.24, 2.45) is 0 Å². The number of nitrogens with one attached hydrogen (secondary N) is 1. The quantitative estimate of drug-likeness (QED) is 0.796. The van der Waals surface area contributed by atoms with E-state index in [0.717, 1.165) is 28.9 Å². The molecule has 4 heteroatoms. The van der Waals surface area contributed by atoms with Gasteiger partial charge in [-0.1, -0.05) is 0 Å². The summed E-state index contributed by atoms with van der Waals surface area (Å²) >= 11 is 0. The molecular formula is C14H18N2O2. The number of nitrogen functional groups attached to an aromatic ring is 1. The maximum Gasteiger partial charge on any atom is 0.0981 e. The third kappa shape index (κ3) is 2.49. The lowest BCUT2D eigenvalue weighted by atomic mass is 10.0. The number of rotatable bonds is 5. The summed E-state index contributed by atoms with van der Waals surface area (Å²) in [7, 11) is 3.57. The van der Waals surface area contributed by atoms with Gasteiger partial charge in [-0.2, -0.15) is 0 Å². The van der Waals surface area contributed by atoms with Crippen LogP contribution in [-0.2, 0) is 11.2 Å². The van der Waals surface area contributed by atoms with E-state index in [9.17, 15) is 0 Å². The summed E-state index contributed by atoms with van der Waals surface area (Å²) in [5, 5.41) is 3.12. The number of hydrogen-bond donors (Lipinski definition) is 2. The van der Waals surface area contributed by atoms with Gasteiger partial charge in [-0.05, 0) is 30.2 Å². The van der Waals surface area contributed by atoms with Crippen LogP contribution in [0.3, 0.4) is 0 Å². The van der Waals surface area contributed by atoms with Crippen LogP contribution in [0.15, 0.2) is 35.1 Å². The zero-order chi connectivity index (χ0) is 13.0. The Bertz CT molecular complexity index is 507. The third-order valence-corrected chi connectivity index (χ3v) is 2.94. The molecular weight excluding hydrogens is 228 g/mol. The Morgan fingerprint density at radius 3 is 2.83 bits per heavy atom. The van der Waals surface area contributed by atoms with Crippen molar-refractivity contribution in [3.05, 3.63) is 36.3 Å². The fourth-order valence-electron chi connectivity index (χ4n) is 1.94. The maximum absolute atomic E-state index is 6.15. The largest absolute Gasteiger partial charge is 0.472 e. The van der Waals surface area contributed by atoms with E-state index in [2.05, 4.69) is 17.4 Å². The van der Waals surface area contributed by atoms with Gasteiger partial charge in [0.15, 0.2) is 0 Å². The molecule has 0 saturated carbocycles. The van der Waals surface area contributed by atoms with Crippen molar-refractivity contribution in [2.45, 2.75) is 6.42 Å². The topological polar surface area (TPSA) is 60.4 Å². The fraction of sp³-hybridized carbons (Fsp3) is 0.286. The molecule has 18 heavy (non-hydrogen) atoms. The highest BCUT2D eigenvalue weighted by Gasteiger charge is 2.10. The van der Waals surface area contributed by atoms with Gasteiger partial charge < -0.3 is 20.2 Å². The summed E-state index contributed by atoms with van der Waals surface area (Å²) in [6.07, 6.45) is 4.21. The zero-order valence-electron chi connectivity index (χ0n) is 10.7. The van der Waals surface area contributed by atoms with Crippen molar-refractivity contribution in [1.82, 2.24) is 0 Å². The van der Waals surface area contributed by atoms with Gasteiger partial charge in [-0.15, -0.1) is 0 Å². The molecule has 1 aromatic carbocycles. The molecule has 4 nitrogen and oxygen atoms in total. The third-order valence-electron chi connectivity index (χ3n) is 2.94. The number of nitrogens with two attached hydrogens (primary N) is 1. The SMILES string of the molecule is CNc1cc(CCOC)cc(-c2ccoc2)c1N. The number of benzene rings is 1. The molecule has 0 aliphatic heterocycles. The molecule has 2 aromatic rings. The highest BCUT2D eigenvalue weighted by molar-refractivity contribution is 5.85. The Kier molecular flexibility index (Phi) is 3.89. The Balaban J connectivity index is 2.43. The van der Waals surface area contributed by atoms with Crippen LogP contribution in [-0.4, -0.2) is 20.8 Å². The molecule has 0 aliphatic rings. The molecule has 0 saturated heterocycles. The predicted molar refractivity (Wildman–Crippen MR) is 73.7 cm³/mol. The minimum atomic E-state index is 0.692. The first-order valence-electron chi connectivity index (χ1n) is 5.88. The molecule has 1 heterocycles. The monoisotopic (exact) mass is 246 g/mol. The second-order valence-electron chi connectivity index (χ2n) is 4.11. The molecule has 1 aromatic heterocycles. The molecule has 0 fully saturated rings. The van der Waals surface area contributed by atoms with Crippen LogP contribution in [0, 0.1) is 0 Å². The summed E-state index contributed by atoms with van der Waals surface area (Å²) < 4.78 is 10.2. The lowest BCUT2D eigenvalue weighted by Crippen LogP contribution is -2.02. The summed E-state index contributed by atoms with van der Waals surface area (Å²) in [4.78, 5) is 0. The van der Waals surface area contributed by atoms with Gasteiger partial charge in [-0.25, -0.2) is 0 Å². The molecule has 0 aliphatic carbocycles. The van der Waals surface area contributed by atoms with Crippen molar-refractivity contribution in [3.8, 4) is 11.1 Å². The molecule has 0 radical (unpaired) electrons. The van der Waals surface area contributed by atoms with Gasteiger partial charge in [0.1, 0.15) is 0 Å². The van der Waals surface area contributed by atoms with Gasteiger partial charge in [0.25, 0.3) is 0 Å². The molecule has 0 unspecified atom stereocenters. The van der Waals surface area contributed by atoms with Gasteiger partial charge in [0.2, 0.25) is 0 Å². The summed E-state index contributed by atoms with van der Waals surface area (Å²) in [5.41, 5.74) is 11.0. The van der Waals surface area contributed by atoms with Crippen LogP contribution < -0.4 is 11.1 Å². The van der Waals surface area contributed by atoms with Crippen LogP contribution in [0.4, 0.5) is 11.4 Å². The summed E-state index contributed by atoms with van der Waals surface area (Å²) in [6, 6.07) is 6.04. The first-order chi connectivity index (χ1) is 8.76. The van der Waals surface area contributed by atoms with Gasteiger partial charge in [0, 0.05) is 25.3 Å². The molecule has 0 amide bonds. The Labute approximate surface area is 107 Å². The predicted octanol–water partition coefficient (Wildman–Crippen LogP) is 2.76. The normalized spacial score (nSPS) is 10.6. The molecule has 0 atom stereocenters. The lowest BCUT2D eigenvalue weighted by Gasteiger charge is -2.13. The van der Waals surface area contributed by atoms with Crippen molar-refractivity contribution >= 4 is 11.4 Å².